The third-order valence-corrected chi connectivity index (χ3v) is 4.46. The van der Waals surface area contributed by atoms with Crippen molar-refractivity contribution in [3.05, 3.63) is 27.9 Å². The molecular formula is C12H17N3O2S. The highest BCUT2D eigenvalue weighted by atomic mass is 32.2. The smallest absolute Gasteiger partial charge is 0.290 e. The fourth-order valence-corrected chi connectivity index (χ4v) is 3.26. The average molecular weight is 267 g/mol. The van der Waals surface area contributed by atoms with E-state index in [4.69, 9.17) is 0 Å². The molecule has 6 heteroatoms. The van der Waals surface area contributed by atoms with E-state index in [2.05, 4.69) is 10.3 Å². The molecule has 1 saturated heterocycles. The van der Waals surface area contributed by atoms with Gasteiger partial charge in [-0.15, -0.1) is 0 Å². The van der Waals surface area contributed by atoms with E-state index < -0.39 is 4.92 Å². The Labute approximate surface area is 111 Å². The van der Waals surface area contributed by atoms with Crippen molar-refractivity contribution in [2.45, 2.75) is 31.4 Å². The molecule has 1 unspecified atom stereocenters. The van der Waals surface area contributed by atoms with Crippen LogP contribution in [-0.2, 0) is 0 Å². The van der Waals surface area contributed by atoms with E-state index in [1.165, 1.54) is 31.2 Å². The van der Waals surface area contributed by atoms with Gasteiger partial charge in [-0.25, -0.2) is 4.98 Å². The Hall–Kier alpha value is -1.30. The minimum Gasteiger partial charge on any atom is -0.369 e. The molecular weight excluding hydrogens is 250 g/mol. The second kappa shape index (κ2) is 6.04. The van der Waals surface area contributed by atoms with E-state index in [0.29, 0.717) is 10.8 Å². The fraction of sp³-hybridized carbons (Fsp3) is 0.583. The molecule has 1 aliphatic rings. The summed E-state index contributed by atoms with van der Waals surface area (Å²) >= 11 is 2.00. The van der Waals surface area contributed by atoms with Crippen LogP contribution in [0.3, 0.4) is 0 Å². The molecule has 0 aliphatic carbocycles. The van der Waals surface area contributed by atoms with Gasteiger partial charge in [0.2, 0.25) is 0 Å². The Morgan fingerprint density at radius 2 is 2.44 bits per heavy atom. The van der Waals surface area contributed by atoms with Crippen molar-refractivity contribution < 1.29 is 4.92 Å². The molecule has 1 fully saturated rings. The lowest BCUT2D eigenvalue weighted by molar-refractivity contribution is -0.385. The highest BCUT2D eigenvalue weighted by Gasteiger charge is 2.15. The molecule has 1 aromatic heterocycles. The molecule has 1 atom stereocenters. The van der Waals surface area contributed by atoms with E-state index in [9.17, 15) is 10.1 Å². The Morgan fingerprint density at radius 1 is 1.61 bits per heavy atom. The van der Waals surface area contributed by atoms with Gasteiger partial charge in [0.05, 0.1) is 4.92 Å². The van der Waals surface area contributed by atoms with Gasteiger partial charge in [0, 0.05) is 17.4 Å². The highest BCUT2D eigenvalue weighted by Crippen LogP contribution is 2.25. The van der Waals surface area contributed by atoms with E-state index in [1.54, 1.807) is 13.0 Å². The molecule has 18 heavy (non-hydrogen) atoms. The summed E-state index contributed by atoms with van der Waals surface area (Å²) in [5.41, 5.74) is 0.724. The maximum absolute atomic E-state index is 10.7. The summed E-state index contributed by atoms with van der Waals surface area (Å²) in [5.74, 6) is 1.96. The topological polar surface area (TPSA) is 68.1 Å². The second-order valence-corrected chi connectivity index (χ2v) is 5.89. The molecule has 1 aliphatic heterocycles. The number of aromatic nitrogens is 1. The van der Waals surface area contributed by atoms with Crippen molar-refractivity contribution >= 4 is 23.3 Å². The van der Waals surface area contributed by atoms with Crippen LogP contribution in [0.25, 0.3) is 0 Å². The first-order chi connectivity index (χ1) is 8.66. The summed E-state index contributed by atoms with van der Waals surface area (Å²) in [4.78, 5) is 14.4. The van der Waals surface area contributed by atoms with Gasteiger partial charge in [-0.2, -0.15) is 11.8 Å². The lowest BCUT2D eigenvalue weighted by Gasteiger charge is -2.21. The van der Waals surface area contributed by atoms with Crippen molar-refractivity contribution in [1.29, 1.82) is 0 Å². The Balaban J connectivity index is 1.93. The number of nitro groups is 1. The summed E-state index contributed by atoms with van der Waals surface area (Å²) in [7, 11) is 0. The molecule has 0 spiro atoms. The third kappa shape index (κ3) is 3.35. The first-order valence-electron chi connectivity index (χ1n) is 6.13. The third-order valence-electron chi connectivity index (χ3n) is 3.06. The van der Waals surface area contributed by atoms with Crippen molar-refractivity contribution in [2.75, 3.05) is 17.6 Å². The van der Waals surface area contributed by atoms with Gasteiger partial charge < -0.3 is 5.32 Å². The first kappa shape index (κ1) is 13.1. The number of nitrogens with one attached hydrogen (secondary N) is 1. The maximum Gasteiger partial charge on any atom is 0.290 e. The van der Waals surface area contributed by atoms with Crippen molar-refractivity contribution in [3.63, 3.8) is 0 Å². The minimum absolute atomic E-state index is 0.0765. The molecule has 0 aromatic carbocycles. The molecule has 2 rings (SSSR count). The van der Waals surface area contributed by atoms with Crippen LogP contribution < -0.4 is 5.32 Å². The minimum atomic E-state index is -0.400. The molecule has 1 aromatic rings. The van der Waals surface area contributed by atoms with Crippen LogP contribution in [0.15, 0.2) is 12.3 Å². The standard InChI is InChI=1S/C12H17N3O2S/c1-9-6-12(14-8-11(9)15(16)17)13-7-10-4-2-3-5-18-10/h6,8,10H,2-5,7H2,1H3,(H,13,14). The van der Waals surface area contributed by atoms with Crippen LogP contribution in [0.4, 0.5) is 11.5 Å². The number of hydrogen-bond acceptors (Lipinski definition) is 5. The highest BCUT2D eigenvalue weighted by molar-refractivity contribution is 7.99. The van der Waals surface area contributed by atoms with Crippen LogP contribution in [0.5, 0.6) is 0 Å². The van der Waals surface area contributed by atoms with Crippen LogP contribution in [0.1, 0.15) is 24.8 Å². The Kier molecular flexibility index (Phi) is 4.41. The fourth-order valence-electron chi connectivity index (χ4n) is 2.02. The Bertz CT molecular complexity index is 433. The van der Waals surface area contributed by atoms with E-state index in [1.807, 2.05) is 11.8 Å². The molecule has 0 saturated carbocycles. The van der Waals surface area contributed by atoms with Gasteiger partial charge in [-0.05, 0) is 31.6 Å². The summed E-state index contributed by atoms with van der Waals surface area (Å²) < 4.78 is 0. The number of hydrogen-bond donors (Lipinski definition) is 1. The van der Waals surface area contributed by atoms with Gasteiger partial charge >= 0.3 is 0 Å². The summed E-state index contributed by atoms with van der Waals surface area (Å²) in [6, 6.07) is 1.74. The lowest BCUT2D eigenvalue weighted by atomic mass is 10.2. The van der Waals surface area contributed by atoms with Crippen molar-refractivity contribution in [3.8, 4) is 0 Å². The van der Waals surface area contributed by atoms with Crippen LogP contribution in [0, 0.1) is 17.0 Å². The zero-order chi connectivity index (χ0) is 13.0. The SMILES string of the molecule is Cc1cc(NCC2CCCCS2)ncc1[N+](=O)[O-]. The van der Waals surface area contributed by atoms with Crippen molar-refractivity contribution in [1.82, 2.24) is 4.98 Å². The Morgan fingerprint density at radius 3 is 3.06 bits per heavy atom. The van der Waals surface area contributed by atoms with E-state index >= 15 is 0 Å². The molecule has 0 bridgehead atoms. The van der Waals surface area contributed by atoms with Gasteiger partial charge in [0.25, 0.3) is 5.69 Å². The van der Waals surface area contributed by atoms with E-state index in [0.717, 1.165) is 12.4 Å². The zero-order valence-corrected chi connectivity index (χ0v) is 11.2. The van der Waals surface area contributed by atoms with Gasteiger partial charge in [0.15, 0.2) is 0 Å². The van der Waals surface area contributed by atoms with Crippen LogP contribution in [0.2, 0.25) is 0 Å². The lowest BCUT2D eigenvalue weighted by Crippen LogP contribution is -2.20. The van der Waals surface area contributed by atoms with E-state index in [-0.39, 0.29) is 5.69 Å². The monoisotopic (exact) mass is 267 g/mol. The van der Waals surface area contributed by atoms with Gasteiger partial charge in [-0.3, -0.25) is 10.1 Å². The zero-order valence-electron chi connectivity index (χ0n) is 10.4. The molecule has 1 N–H and O–H groups in total. The predicted octanol–water partition coefficient (Wildman–Crippen LogP) is 3.00. The van der Waals surface area contributed by atoms with Gasteiger partial charge in [0.1, 0.15) is 12.0 Å². The molecule has 5 nitrogen and oxygen atoms in total. The quantitative estimate of drug-likeness (QED) is 0.671. The maximum atomic E-state index is 10.7. The summed E-state index contributed by atoms with van der Waals surface area (Å²) in [5, 5.41) is 14.6. The molecule has 0 radical (unpaired) electrons. The predicted molar refractivity (Wildman–Crippen MR) is 74.2 cm³/mol. The summed E-state index contributed by atoms with van der Waals surface area (Å²) in [6.07, 6.45) is 5.18. The normalized spacial score (nSPS) is 19.5. The van der Waals surface area contributed by atoms with Gasteiger partial charge in [-0.1, -0.05) is 6.42 Å². The molecule has 98 valence electrons. The molecule has 0 amide bonds. The summed E-state index contributed by atoms with van der Waals surface area (Å²) in [6.45, 7) is 2.62. The number of nitrogens with zero attached hydrogens (tertiary/aromatic N) is 2. The van der Waals surface area contributed by atoms with Crippen molar-refractivity contribution in [2.24, 2.45) is 0 Å². The number of rotatable bonds is 4. The average Bonchev–Trinajstić information content (AvgIpc) is 2.37. The largest absolute Gasteiger partial charge is 0.369 e. The number of pyridine rings is 1. The number of anilines is 1. The second-order valence-electron chi connectivity index (χ2n) is 4.48. The number of thioether (sulfide) groups is 1. The van der Waals surface area contributed by atoms with Crippen LogP contribution in [-0.4, -0.2) is 27.5 Å². The first-order valence-corrected chi connectivity index (χ1v) is 7.18. The molecule has 2 heterocycles. The number of aryl methyl sites for hydroxylation is 1. The van der Waals surface area contributed by atoms with Crippen LogP contribution >= 0.6 is 11.8 Å².